The van der Waals surface area contributed by atoms with Crippen molar-refractivity contribution in [3.63, 3.8) is 0 Å². The number of amides is 1. The van der Waals surface area contributed by atoms with Crippen LogP contribution >= 0.6 is 0 Å². The van der Waals surface area contributed by atoms with E-state index in [0.29, 0.717) is 0 Å². The number of cyclic esters (lactones) is 2. The molecule has 0 aromatic carbocycles. The minimum atomic E-state index is -1.49. The van der Waals surface area contributed by atoms with Gasteiger partial charge in [-0.15, -0.1) is 0 Å². The van der Waals surface area contributed by atoms with Crippen LogP contribution in [0.15, 0.2) is 0 Å². The standard InChI is InChI=1S/C19H25NO13/c1-7(13-17(25)33-19(26)20-13)28-18-16(31-11(5)24)15(30-10(4)23)14(29-9(3)22)12(32-18)6-27-8(2)21/h7,12-16,18H,6H2,1-5H3,(H,20,26)/t7-,12-,13+,14-,15+,16-,18-/m1/s1. The molecule has 0 spiro atoms. The fraction of sp³-hybridized carbons (Fsp3) is 0.684. The summed E-state index contributed by atoms with van der Waals surface area (Å²) in [4.78, 5) is 69.8. The fourth-order valence-electron chi connectivity index (χ4n) is 3.27. The van der Waals surface area contributed by atoms with E-state index in [4.69, 9.17) is 28.4 Å². The minimum absolute atomic E-state index is 0.436. The Bertz CT molecular complexity index is 812. The molecule has 2 fully saturated rings. The molecule has 14 nitrogen and oxygen atoms in total. The van der Waals surface area contributed by atoms with Crippen LogP contribution in [0.3, 0.4) is 0 Å². The Labute approximate surface area is 188 Å². The molecule has 0 aromatic rings. The minimum Gasteiger partial charge on any atom is -0.463 e. The third-order valence-corrected chi connectivity index (χ3v) is 4.49. The van der Waals surface area contributed by atoms with Gasteiger partial charge in [0.1, 0.15) is 12.7 Å². The quantitative estimate of drug-likeness (QED) is 0.260. The average molecular weight is 475 g/mol. The monoisotopic (exact) mass is 475 g/mol. The molecule has 0 saturated carbocycles. The van der Waals surface area contributed by atoms with E-state index in [1.54, 1.807) is 0 Å². The number of hydrogen-bond donors (Lipinski definition) is 1. The van der Waals surface area contributed by atoms with Crippen LogP contribution < -0.4 is 5.32 Å². The number of esters is 5. The Morgan fingerprint density at radius 2 is 1.42 bits per heavy atom. The van der Waals surface area contributed by atoms with Crippen molar-refractivity contribution in [2.45, 2.75) is 77.5 Å². The first kappa shape index (κ1) is 26.0. The summed E-state index contributed by atoms with van der Waals surface area (Å²) < 4.78 is 36.6. The van der Waals surface area contributed by atoms with Crippen molar-refractivity contribution >= 4 is 35.9 Å². The Balaban J connectivity index is 2.39. The summed E-state index contributed by atoms with van der Waals surface area (Å²) >= 11 is 0. The van der Waals surface area contributed by atoms with E-state index in [1.807, 2.05) is 0 Å². The van der Waals surface area contributed by atoms with Gasteiger partial charge in [0.2, 0.25) is 0 Å². The normalized spacial score (nSPS) is 29.8. The van der Waals surface area contributed by atoms with E-state index in [1.165, 1.54) is 6.92 Å². The van der Waals surface area contributed by atoms with Crippen molar-refractivity contribution in [1.29, 1.82) is 0 Å². The van der Waals surface area contributed by atoms with Crippen LogP contribution in [0.2, 0.25) is 0 Å². The summed E-state index contributed by atoms with van der Waals surface area (Å²) in [6, 6.07) is -1.20. The van der Waals surface area contributed by atoms with Gasteiger partial charge in [-0.25, -0.2) is 9.59 Å². The van der Waals surface area contributed by atoms with Gasteiger partial charge in [0.05, 0.1) is 6.10 Å². The second-order valence-corrected chi connectivity index (χ2v) is 7.24. The van der Waals surface area contributed by atoms with Gasteiger partial charge >= 0.3 is 35.9 Å². The molecule has 0 aliphatic carbocycles. The predicted octanol–water partition coefficient (Wildman–Crippen LogP) is -0.890. The summed E-state index contributed by atoms with van der Waals surface area (Å²) in [5, 5.41) is 2.26. The SMILES string of the molecule is CC(=O)OC[C@H]1O[C@@H](O[C@H](C)[C@@H]2NC(=O)OC2=O)[C@H](OC(C)=O)[C@@H](OC(C)=O)[C@@H]1OC(C)=O. The molecule has 1 amide bonds. The Kier molecular flexibility index (Phi) is 8.70. The molecule has 33 heavy (non-hydrogen) atoms. The third-order valence-electron chi connectivity index (χ3n) is 4.49. The Hall–Kier alpha value is -3.26. The van der Waals surface area contributed by atoms with Gasteiger partial charge in [0.25, 0.3) is 0 Å². The molecule has 0 aromatic heterocycles. The Morgan fingerprint density at radius 3 is 1.91 bits per heavy atom. The van der Waals surface area contributed by atoms with Crippen molar-refractivity contribution in [3.05, 3.63) is 0 Å². The van der Waals surface area contributed by atoms with Crippen molar-refractivity contribution in [2.75, 3.05) is 6.61 Å². The average Bonchev–Trinajstić information content (AvgIpc) is 3.02. The van der Waals surface area contributed by atoms with Crippen molar-refractivity contribution < 1.29 is 61.9 Å². The van der Waals surface area contributed by atoms with Crippen molar-refractivity contribution in [1.82, 2.24) is 5.32 Å². The highest BCUT2D eigenvalue weighted by molar-refractivity contribution is 5.95. The van der Waals surface area contributed by atoms with Crippen LogP contribution in [0, 0.1) is 0 Å². The first-order valence-electron chi connectivity index (χ1n) is 9.87. The number of carbonyl (C=O) groups is 6. The lowest BCUT2D eigenvalue weighted by Crippen LogP contribution is -2.63. The van der Waals surface area contributed by atoms with Gasteiger partial charge in [-0.3, -0.25) is 19.2 Å². The van der Waals surface area contributed by atoms with Crippen LogP contribution in [0.4, 0.5) is 4.79 Å². The lowest BCUT2D eigenvalue weighted by Gasteiger charge is -2.44. The van der Waals surface area contributed by atoms with Gasteiger partial charge < -0.3 is 38.5 Å². The molecule has 7 atom stereocenters. The summed E-state index contributed by atoms with van der Waals surface area (Å²) in [5.74, 6) is -3.97. The van der Waals surface area contributed by atoms with Gasteiger partial charge in [-0.2, -0.15) is 0 Å². The second kappa shape index (κ2) is 11.0. The zero-order valence-corrected chi connectivity index (χ0v) is 18.6. The Morgan fingerprint density at radius 1 is 0.879 bits per heavy atom. The van der Waals surface area contributed by atoms with Gasteiger partial charge in [0.15, 0.2) is 30.6 Å². The molecular weight excluding hydrogens is 450 g/mol. The molecule has 2 aliphatic heterocycles. The largest absolute Gasteiger partial charge is 0.463 e. The zero-order valence-electron chi connectivity index (χ0n) is 18.6. The van der Waals surface area contributed by atoms with Gasteiger partial charge in [0, 0.05) is 27.7 Å². The van der Waals surface area contributed by atoms with E-state index in [9.17, 15) is 28.8 Å². The predicted molar refractivity (Wildman–Crippen MR) is 101 cm³/mol. The maximum absolute atomic E-state index is 11.9. The molecule has 14 heteroatoms. The highest BCUT2D eigenvalue weighted by atomic mass is 16.7. The number of ether oxygens (including phenoxy) is 7. The smallest absolute Gasteiger partial charge is 0.415 e. The van der Waals surface area contributed by atoms with Gasteiger partial charge in [-0.05, 0) is 6.92 Å². The highest BCUT2D eigenvalue weighted by Crippen LogP contribution is 2.31. The number of carbonyl (C=O) groups excluding carboxylic acids is 6. The summed E-state index contributed by atoms with van der Waals surface area (Å²) in [6.07, 6.45) is -8.97. The maximum atomic E-state index is 11.9. The fourth-order valence-corrected chi connectivity index (χ4v) is 3.27. The third kappa shape index (κ3) is 7.12. The lowest BCUT2D eigenvalue weighted by molar-refractivity contribution is -0.316. The number of rotatable bonds is 8. The van der Waals surface area contributed by atoms with E-state index >= 15 is 0 Å². The molecule has 2 saturated heterocycles. The van der Waals surface area contributed by atoms with Crippen molar-refractivity contribution in [3.8, 4) is 0 Å². The summed E-state index contributed by atoms with van der Waals surface area (Å²) in [6.45, 7) is 5.35. The summed E-state index contributed by atoms with van der Waals surface area (Å²) in [5.41, 5.74) is 0. The van der Waals surface area contributed by atoms with E-state index in [-0.39, 0.29) is 0 Å². The number of hydrogen-bond acceptors (Lipinski definition) is 13. The summed E-state index contributed by atoms with van der Waals surface area (Å²) in [7, 11) is 0. The maximum Gasteiger partial charge on any atom is 0.415 e. The molecule has 2 heterocycles. The molecule has 184 valence electrons. The first-order valence-corrected chi connectivity index (χ1v) is 9.87. The highest BCUT2D eigenvalue weighted by Gasteiger charge is 2.54. The van der Waals surface area contributed by atoms with E-state index < -0.39 is 85.4 Å². The first-order chi connectivity index (χ1) is 15.4. The lowest BCUT2D eigenvalue weighted by atomic mass is 9.98. The number of nitrogens with one attached hydrogen (secondary N) is 1. The van der Waals surface area contributed by atoms with Crippen LogP contribution in [0.25, 0.3) is 0 Å². The van der Waals surface area contributed by atoms with Crippen LogP contribution in [0.5, 0.6) is 0 Å². The van der Waals surface area contributed by atoms with Crippen molar-refractivity contribution in [2.24, 2.45) is 0 Å². The van der Waals surface area contributed by atoms with Crippen LogP contribution in [-0.4, -0.2) is 85.4 Å². The molecule has 2 rings (SSSR count). The van der Waals surface area contributed by atoms with Crippen LogP contribution in [0.1, 0.15) is 34.6 Å². The van der Waals surface area contributed by atoms with Crippen LogP contribution in [-0.2, 0) is 57.1 Å². The van der Waals surface area contributed by atoms with Gasteiger partial charge in [-0.1, -0.05) is 0 Å². The molecule has 0 bridgehead atoms. The van der Waals surface area contributed by atoms with E-state index in [2.05, 4.69) is 10.1 Å². The molecule has 2 aliphatic rings. The molecular formula is C19H25NO13. The topological polar surface area (TPSA) is 179 Å². The molecule has 1 N–H and O–H groups in total. The molecule has 0 unspecified atom stereocenters. The molecule has 0 radical (unpaired) electrons. The van der Waals surface area contributed by atoms with E-state index in [0.717, 1.165) is 27.7 Å². The zero-order chi connectivity index (χ0) is 24.9. The number of alkyl carbamates (subject to hydrolysis) is 1. The second-order valence-electron chi connectivity index (χ2n) is 7.24.